The van der Waals surface area contributed by atoms with Crippen LogP contribution in [0.25, 0.3) is 0 Å². The second kappa shape index (κ2) is 5.65. The maximum absolute atomic E-state index is 5.62. The Kier molecular flexibility index (Phi) is 3.95. The summed E-state index contributed by atoms with van der Waals surface area (Å²) in [5.74, 6) is 0.724. The van der Waals surface area contributed by atoms with Crippen LogP contribution < -0.4 is 15.8 Å². The van der Waals surface area contributed by atoms with E-state index >= 15 is 0 Å². The van der Waals surface area contributed by atoms with E-state index in [1.54, 1.807) is 0 Å². The van der Waals surface area contributed by atoms with Gasteiger partial charge in [-0.05, 0) is 19.3 Å². The molecule has 94 valence electrons. The largest absolute Gasteiger partial charge is 0.463 e. The molecule has 0 aliphatic heterocycles. The first kappa shape index (κ1) is 11.9. The lowest BCUT2D eigenvalue weighted by Crippen LogP contribution is -2.18. The highest BCUT2D eigenvalue weighted by molar-refractivity contribution is 5.33. The maximum atomic E-state index is 5.62. The number of ether oxygens (including phenoxy) is 1. The number of nitrogens with one attached hydrogen (secondary N) is 1. The fraction of sp³-hybridized carbons (Fsp3) is 0.727. The highest BCUT2D eigenvalue weighted by Crippen LogP contribution is 2.21. The molecule has 0 atom stereocenters. The lowest BCUT2D eigenvalue weighted by atomic mass is 10.3. The van der Waals surface area contributed by atoms with Crippen LogP contribution in [0.2, 0.25) is 0 Å². The number of nitrogen functional groups attached to an aromatic ring is 1. The third-order valence-corrected chi connectivity index (χ3v) is 2.76. The van der Waals surface area contributed by atoms with Crippen molar-refractivity contribution in [2.24, 2.45) is 0 Å². The van der Waals surface area contributed by atoms with Crippen LogP contribution in [0.3, 0.4) is 0 Å². The minimum Gasteiger partial charge on any atom is -0.463 e. The monoisotopic (exact) mass is 237 g/mol. The van der Waals surface area contributed by atoms with Crippen molar-refractivity contribution in [2.75, 3.05) is 17.7 Å². The van der Waals surface area contributed by atoms with Crippen molar-refractivity contribution in [1.29, 1.82) is 0 Å². The molecule has 1 fully saturated rings. The molecule has 6 nitrogen and oxygen atoms in total. The Morgan fingerprint density at radius 3 is 2.76 bits per heavy atom. The highest BCUT2D eigenvalue weighted by atomic mass is 16.5. The molecule has 17 heavy (non-hydrogen) atoms. The summed E-state index contributed by atoms with van der Waals surface area (Å²) in [4.78, 5) is 12.2. The van der Waals surface area contributed by atoms with Gasteiger partial charge in [0.15, 0.2) is 0 Å². The Hall–Kier alpha value is -1.59. The van der Waals surface area contributed by atoms with Gasteiger partial charge in [0.1, 0.15) is 0 Å². The standard InChI is InChI=1S/C11H19N5O/c1-2-7-17-11-15-9(12)14-10(16-11)13-8-5-3-4-6-8/h8H,2-7H2,1H3,(H3,12,13,14,15,16). The van der Waals surface area contributed by atoms with Crippen molar-refractivity contribution in [3.8, 4) is 6.01 Å². The molecule has 2 rings (SSSR count). The van der Waals surface area contributed by atoms with Crippen molar-refractivity contribution in [3.63, 3.8) is 0 Å². The van der Waals surface area contributed by atoms with Crippen LogP contribution >= 0.6 is 0 Å². The Bertz CT molecular complexity index is 365. The van der Waals surface area contributed by atoms with Gasteiger partial charge in [-0.3, -0.25) is 0 Å². The zero-order valence-electron chi connectivity index (χ0n) is 10.1. The smallest absolute Gasteiger partial charge is 0.323 e. The first-order chi connectivity index (χ1) is 8.28. The van der Waals surface area contributed by atoms with E-state index in [2.05, 4.69) is 20.3 Å². The van der Waals surface area contributed by atoms with Crippen molar-refractivity contribution in [2.45, 2.75) is 45.1 Å². The van der Waals surface area contributed by atoms with E-state index in [1.165, 1.54) is 12.8 Å². The first-order valence-electron chi connectivity index (χ1n) is 6.19. The van der Waals surface area contributed by atoms with Gasteiger partial charge in [0.25, 0.3) is 0 Å². The summed E-state index contributed by atoms with van der Waals surface area (Å²) >= 11 is 0. The molecule has 1 aliphatic rings. The number of rotatable bonds is 5. The molecule has 0 radical (unpaired) electrons. The summed E-state index contributed by atoms with van der Waals surface area (Å²) in [5, 5.41) is 3.28. The van der Waals surface area contributed by atoms with Gasteiger partial charge in [0, 0.05) is 6.04 Å². The normalized spacial score (nSPS) is 16.1. The summed E-state index contributed by atoms with van der Waals surface area (Å²) in [6, 6.07) is 0.760. The Morgan fingerprint density at radius 2 is 2.06 bits per heavy atom. The SMILES string of the molecule is CCCOc1nc(N)nc(NC2CCCC2)n1. The summed E-state index contributed by atoms with van der Waals surface area (Å²) < 4.78 is 5.36. The van der Waals surface area contributed by atoms with Crippen LogP contribution in [0, 0.1) is 0 Å². The topological polar surface area (TPSA) is 86.0 Å². The lowest BCUT2D eigenvalue weighted by molar-refractivity contribution is 0.292. The molecule has 1 aliphatic carbocycles. The number of anilines is 2. The van der Waals surface area contributed by atoms with Gasteiger partial charge in [-0.1, -0.05) is 19.8 Å². The molecule has 3 N–H and O–H groups in total. The molecule has 0 bridgehead atoms. The van der Waals surface area contributed by atoms with Gasteiger partial charge in [-0.25, -0.2) is 0 Å². The van der Waals surface area contributed by atoms with E-state index in [-0.39, 0.29) is 5.95 Å². The summed E-state index contributed by atoms with van der Waals surface area (Å²) in [7, 11) is 0. The van der Waals surface area contributed by atoms with E-state index in [4.69, 9.17) is 10.5 Å². The molecule has 0 amide bonds. The van der Waals surface area contributed by atoms with Gasteiger partial charge >= 0.3 is 6.01 Å². The van der Waals surface area contributed by atoms with Gasteiger partial charge < -0.3 is 15.8 Å². The third-order valence-electron chi connectivity index (χ3n) is 2.76. The average molecular weight is 237 g/mol. The lowest BCUT2D eigenvalue weighted by Gasteiger charge is -2.12. The van der Waals surface area contributed by atoms with Crippen LogP contribution in [0.1, 0.15) is 39.0 Å². The number of nitrogens with zero attached hydrogens (tertiary/aromatic N) is 3. The molecule has 0 spiro atoms. The molecule has 1 aromatic heterocycles. The van der Waals surface area contributed by atoms with Crippen LogP contribution in [0.5, 0.6) is 6.01 Å². The van der Waals surface area contributed by atoms with Crippen LogP contribution in [-0.4, -0.2) is 27.6 Å². The van der Waals surface area contributed by atoms with Crippen molar-refractivity contribution in [3.05, 3.63) is 0 Å². The van der Waals surface area contributed by atoms with Crippen LogP contribution in [0.15, 0.2) is 0 Å². The molecule has 6 heteroatoms. The first-order valence-corrected chi connectivity index (χ1v) is 6.19. The van der Waals surface area contributed by atoms with Gasteiger partial charge in [-0.15, -0.1) is 0 Å². The Labute approximate surface area is 101 Å². The molecule has 0 unspecified atom stereocenters. The number of nitrogens with two attached hydrogens (primary N) is 1. The molecular formula is C11H19N5O. The number of aromatic nitrogens is 3. The molecule has 1 saturated carbocycles. The Morgan fingerprint density at radius 1 is 1.29 bits per heavy atom. The van der Waals surface area contributed by atoms with E-state index in [0.717, 1.165) is 19.3 Å². The average Bonchev–Trinajstić information content (AvgIpc) is 2.78. The van der Waals surface area contributed by atoms with Gasteiger partial charge in [-0.2, -0.15) is 15.0 Å². The predicted molar refractivity (Wildman–Crippen MR) is 65.9 cm³/mol. The second-order valence-corrected chi connectivity index (χ2v) is 4.27. The summed E-state index contributed by atoms with van der Waals surface area (Å²) in [5.41, 5.74) is 5.62. The summed E-state index contributed by atoms with van der Waals surface area (Å²) in [6.07, 6.45) is 5.76. The maximum Gasteiger partial charge on any atom is 0.323 e. The minimum absolute atomic E-state index is 0.201. The van der Waals surface area contributed by atoms with Gasteiger partial charge in [0.05, 0.1) is 6.61 Å². The zero-order chi connectivity index (χ0) is 12.1. The fourth-order valence-corrected chi connectivity index (χ4v) is 1.95. The second-order valence-electron chi connectivity index (χ2n) is 4.27. The molecular weight excluding hydrogens is 218 g/mol. The number of hydrogen-bond acceptors (Lipinski definition) is 6. The van der Waals surface area contributed by atoms with E-state index in [0.29, 0.717) is 24.6 Å². The van der Waals surface area contributed by atoms with E-state index in [1.807, 2.05) is 6.92 Å². The van der Waals surface area contributed by atoms with Crippen LogP contribution in [0.4, 0.5) is 11.9 Å². The minimum atomic E-state index is 0.201. The Balaban J connectivity index is 2.02. The fourth-order valence-electron chi connectivity index (χ4n) is 1.95. The summed E-state index contributed by atoms with van der Waals surface area (Å²) in [6.45, 7) is 2.62. The third kappa shape index (κ3) is 3.44. The molecule has 1 heterocycles. The molecule has 0 aromatic carbocycles. The number of hydrogen-bond donors (Lipinski definition) is 2. The van der Waals surface area contributed by atoms with E-state index < -0.39 is 0 Å². The predicted octanol–water partition coefficient (Wildman–Crippen LogP) is 1.60. The van der Waals surface area contributed by atoms with Crippen LogP contribution in [-0.2, 0) is 0 Å². The van der Waals surface area contributed by atoms with Crippen molar-refractivity contribution in [1.82, 2.24) is 15.0 Å². The van der Waals surface area contributed by atoms with Crippen molar-refractivity contribution >= 4 is 11.9 Å². The van der Waals surface area contributed by atoms with Gasteiger partial charge in [0.2, 0.25) is 11.9 Å². The quantitative estimate of drug-likeness (QED) is 0.809. The zero-order valence-corrected chi connectivity index (χ0v) is 10.1. The highest BCUT2D eigenvalue weighted by Gasteiger charge is 2.16. The van der Waals surface area contributed by atoms with E-state index in [9.17, 15) is 0 Å². The van der Waals surface area contributed by atoms with Crippen molar-refractivity contribution < 1.29 is 4.74 Å². The molecule has 0 saturated heterocycles. The molecule has 1 aromatic rings.